The number of benzene rings is 1. The molecule has 3 aromatic rings. The van der Waals surface area contributed by atoms with E-state index >= 15 is 0 Å². The Kier molecular flexibility index (Phi) is 6.95. The summed E-state index contributed by atoms with van der Waals surface area (Å²) in [6.07, 6.45) is 7.62. The fourth-order valence-corrected chi connectivity index (χ4v) is 8.17. The summed E-state index contributed by atoms with van der Waals surface area (Å²) in [6.45, 7) is 9.87. The van der Waals surface area contributed by atoms with Crippen molar-refractivity contribution < 1.29 is 14.7 Å². The lowest BCUT2D eigenvalue weighted by Gasteiger charge is -2.34. The number of carboxylic acid groups (broad SMARTS) is 1. The number of rotatable bonds is 5. The van der Waals surface area contributed by atoms with Crippen molar-refractivity contribution in [3.63, 3.8) is 0 Å². The Hall–Kier alpha value is -3.46. The number of fused-ring (bicyclic) bond motifs is 2. The largest absolute Gasteiger partial charge is 0.481 e. The molecule has 4 aliphatic rings. The molecule has 1 amide bonds. The third kappa shape index (κ3) is 4.95. The zero-order valence-corrected chi connectivity index (χ0v) is 24.8. The normalized spacial score (nSPS) is 30.1. The molecule has 9 nitrogen and oxygen atoms in total. The molecule has 5 heterocycles. The zero-order valence-electron chi connectivity index (χ0n) is 24.8. The first-order chi connectivity index (χ1) is 20.3. The third-order valence-electron chi connectivity index (χ3n) is 10.8. The number of likely N-dealkylation sites (tertiary alicyclic amines) is 2. The Morgan fingerprint density at radius 1 is 0.976 bits per heavy atom. The van der Waals surface area contributed by atoms with Gasteiger partial charge in [-0.3, -0.25) is 14.5 Å². The molecular formula is C33H42N6O3. The average molecular weight is 571 g/mol. The Morgan fingerprint density at radius 2 is 1.74 bits per heavy atom. The number of nitrogens with zero attached hydrogens (tertiary/aromatic N) is 6. The van der Waals surface area contributed by atoms with E-state index in [4.69, 9.17) is 10.1 Å². The number of aryl methyl sites for hydroxylation is 1. The molecule has 1 N–H and O–H groups in total. The summed E-state index contributed by atoms with van der Waals surface area (Å²) in [4.78, 5) is 36.7. The van der Waals surface area contributed by atoms with E-state index in [2.05, 4.69) is 60.0 Å². The molecule has 2 unspecified atom stereocenters. The highest BCUT2D eigenvalue weighted by molar-refractivity contribution is 5.91. The summed E-state index contributed by atoms with van der Waals surface area (Å²) in [5.41, 5.74) is 4.36. The second-order valence-corrected chi connectivity index (χ2v) is 13.5. The minimum atomic E-state index is -0.647. The van der Waals surface area contributed by atoms with Crippen molar-refractivity contribution >= 4 is 23.2 Å². The molecule has 4 fully saturated rings. The number of carboxylic acids is 1. The summed E-state index contributed by atoms with van der Waals surface area (Å²) < 4.78 is 1.80. The van der Waals surface area contributed by atoms with E-state index in [1.165, 1.54) is 5.56 Å². The van der Waals surface area contributed by atoms with Gasteiger partial charge in [0.1, 0.15) is 0 Å². The minimum absolute atomic E-state index is 0.0728. The smallest absolute Gasteiger partial charge is 0.306 e. The second-order valence-electron chi connectivity index (χ2n) is 13.5. The number of hydrogen-bond acceptors (Lipinski definition) is 6. The van der Waals surface area contributed by atoms with Crippen LogP contribution in [0.1, 0.15) is 67.2 Å². The van der Waals surface area contributed by atoms with Crippen LogP contribution in [0.2, 0.25) is 0 Å². The van der Waals surface area contributed by atoms with Crippen LogP contribution < -0.4 is 4.90 Å². The van der Waals surface area contributed by atoms with Crippen molar-refractivity contribution in [1.82, 2.24) is 24.4 Å². The van der Waals surface area contributed by atoms with Gasteiger partial charge in [-0.1, -0.05) is 37.3 Å². The van der Waals surface area contributed by atoms with E-state index in [9.17, 15) is 14.7 Å². The lowest BCUT2D eigenvalue weighted by molar-refractivity contribution is -0.143. The standard InChI is InChI=1S/C33H42N6O3/c1-22-16-28(37-15-13-33(2,21-37)26-6-4-3-5-7-26)20-39-30(22)34-29(35-39)31(40)36-14-12-24-17-38(19-25(24)18-36)27-10-8-23(9-11-27)32(41)42/h3-7,16,20,23-25,27H,8-15,17-19,21H2,1-2H3,(H,41,42)/t23?,24?,25?,27?,33-/m0/s1. The number of aliphatic carboxylic acids is 1. The highest BCUT2D eigenvalue weighted by Gasteiger charge is 2.42. The molecule has 7 rings (SSSR count). The van der Waals surface area contributed by atoms with Crippen molar-refractivity contribution in [2.75, 3.05) is 44.2 Å². The van der Waals surface area contributed by atoms with E-state index in [0.717, 1.165) is 94.7 Å². The van der Waals surface area contributed by atoms with Gasteiger partial charge in [0, 0.05) is 50.7 Å². The van der Waals surface area contributed by atoms with E-state index in [0.29, 0.717) is 17.9 Å². The zero-order chi connectivity index (χ0) is 29.0. The number of anilines is 1. The van der Waals surface area contributed by atoms with Crippen LogP contribution in [0.5, 0.6) is 0 Å². The van der Waals surface area contributed by atoms with Crippen LogP contribution in [0.3, 0.4) is 0 Å². The molecule has 3 aliphatic heterocycles. The summed E-state index contributed by atoms with van der Waals surface area (Å²) in [5, 5.41) is 14.1. The van der Waals surface area contributed by atoms with E-state index in [1.807, 2.05) is 11.1 Å². The number of pyridine rings is 1. The molecule has 9 heteroatoms. The van der Waals surface area contributed by atoms with E-state index < -0.39 is 5.97 Å². The number of carbonyl (C=O) groups excluding carboxylic acids is 1. The highest BCUT2D eigenvalue weighted by atomic mass is 16.4. The number of amides is 1. The molecule has 0 bridgehead atoms. The first-order valence-electron chi connectivity index (χ1n) is 15.7. The van der Waals surface area contributed by atoms with Gasteiger partial charge in [0.05, 0.1) is 17.8 Å². The molecule has 0 radical (unpaired) electrons. The molecule has 0 spiro atoms. The highest BCUT2D eigenvalue weighted by Crippen LogP contribution is 2.38. The monoisotopic (exact) mass is 570 g/mol. The van der Waals surface area contributed by atoms with Gasteiger partial charge in [-0.25, -0.2) is 9.50 Å². The van der Waals surface area contributed by atoms with Crippen LogP contribution in [-0.2, 0) is 10.2 Å². The van der Waals surface area contributed by atoms with Gasteiger partial charge in [0.25, 0.3) is 5.91 Å². The summed E-state index contributed by atoms with van der Waals surface area (Å²) in [6, 6.07) is 13.4. The maximum Gasteiger partial charge on any atom is 0.306 e. The number of carbonyl (C=O) groups is 2. The topological polar surface area (TPSA) is 94.3 Å². The maximum atomic E-state index is 13.6. The Balaban J connectivity index is 1.02. The fourth-order valence-electron chi connectivity index (χ4n) is 8.17. The first-order valence-corrected chi connectivity index (χ1v) is 15.7. The van der Waals surface area contributed by atoms with Crippen molar-refractivity contribution in [2.45, 2.75) is 63.8 Å². The summed E-state index contributed by atoms with van der Waals surface area (Å²) in [7, 11) is 0. The first kappa shape index (κ1) is 27.4. The predicted octanol–water partition coefficient (Wildman–Crippen LogP) is 4.24. The van der Waals surface area contributed by atoms with Crippen LogP contribution >= 0.6 is 0 Å². The summed E-state index contributed by atoms with van der Waals surface area (Å²) >= 11 is 0. The van der Waals surface area contributed by atoms with Crippen molar-refractivity contribution in [1.29, 1.82) is 0 Å². The van der Waals surface area contributed by atoms with Gasteiger partial charge >= 0.3 is 5.97 Å². The molecule has 3 atom stereocenters. The number of piperidine rings is 1. The number of aromatic nitrogens is 3. The van der Waals surface area contributed by atoms with Crippen LogP contribution in [-0.4, -0.2) is 86.7 Å². The summed E-state index contributed by atoms with van der Waals surface area (Å²) in [5.74, 6) is 0.447. The van der Waals surface area contributed by atoms with E-state index in [1.54, 1.807) is 4.52 Å². The van der Waals surface area contributed by atoms with Crippen LogP contribution in [0.25, 0.3) is 5.65 Å². The van der Waals surface area contributed by atoms with Crippen molar-refractivity contribution in [3.05, 3.63) is 59.5 Å². The SMILES string of the molecule is Cc1cc(N2CC[C@](C)(c3ccccc3)C2)cn2nc(C(=O)N3CCC4CN(C5CCC(C(=O)O)CC5)CC4C3)nc12. The molecule has 3 saturated heterocycles. The van der Waals surface area contributed by atoms with Gasteiger partial charge in [-0.2, -0.15) is 0 Å². The molecule has 1 aromatic carbocycles. The average Bonchev–Trinajstić information content (AvgIpc) is 3.74. The Labute approximate surface area is 247 Å². The van der Waals surface area contributed by atoms with Gasteiger partial charge in [-0.15, -0.1) is 5.10 Å². The third-order valence-corrected chi connectivity index (χ3v) is 10.8. The quantitative estimate of drug-likeness (QED) is 0.490. The molecular weight excluding hydrogens is 528 g/mol. The van der Waals surface area contributed by atoms with Gasteiger partial charge in [-0.05, 0) is 74.5 Å². The van der Waals surface area contributed by atoms with Crippen LogP contribution in [0, 0.1) is 24.7 Å². The minimum Gasteiger partial charge on any atom is -0.481 e. The van der Waals surface area contributed by atoms with Crippen LogP contribution in [0.4, 0.5) is 5.69 Å². The predicted molar refractivity (Wildman–Crippen MR) is 161 cm³/mol. The van der Waals surface area contributed by atoms with Crippen LogP contribution in [0.15, 0.2) is 42.6 Å². The van der Waals surface area contributed by atoms with E-state index in [-0.39, 0.29) is 23.1 Å². The molecule has 1 aliphatic carbocycles. The fraction of sp³-hybridized carbons (Fsp3) is 0.576. The van der Waals surface area contributed by atoms with Gasteiger partial charge in [0.2, 0.25) is 5.82 Å². The lowest BCUT2D eigenvalue weighted by Crippen LogP contribution is -2.43. The van der Waals surface area contributed by atoms with Gasteiger partial charge < -0.3 is 14.9 Å². The molecule has 42 heavy (non-hydrogen) atoms. The molecule has 222 valence electrons. The lowest BCUT2D eigenvalue weighted by atomic mass is 9.82. The second kappa shape index (κ2) is 10.7. The van der Waals surface area contributed by atoms with Crippen molar-refractivity contribution in [3.8, 4) is 0 Å². The number of hydrogen-bond donors (Lipinski definition) is 1. The van der Waals surface area contributed by atoms with Crippen molar-refractivity contribution in [2.24, 2.45) is 17.8 Å². The molecule has 2 aromatic heterocycles. The molecule has 1 saturated carbocycles. The Bertz CT molecular complexity index is 1480. The van der Waals surface area contributed by atoms with Gasteiger partial charge in [0.15, 0.2) is 5.65 Å². The maximum absolute atomic E-state index is 13.6. The Morgan fingerprint density at radius 3 is 2.50 bits per heavy atom.